The van der Waals surface area contributed by atoms with Gasteiger partial charge in [-0.2, -0.15) is 0 Å². The number of rotatable bonds is 9. The molecule has 0 saturated heterocycles. The number of amides is 2. The average molecular weight is 532 g/mol. The van der Waals surface area contributed by atoms with Crippen molar-refractivity contribution in [1.82, 2.24) is 24.6 Å². The molecule has 2 aromatic carbocycles. The third-order valence-corrected chi connectivity index (χ3v) is 7.51. The summed E-state index contributed by atoms with van der Waals surface area (Å²) in [7, 11) is -3.92. The summed E-state index contributed by atoms with van der Waals surface area (Å²) in [5.41, 5.74) is 6.68. The minimum atomic E-state index is -3.92. The molecule has 4 rings (SSSR count). The van der Waals surface area contributed by atoms with E-state index in [0.717, 1.165) is 51.5 Å². The second-order valence-corrected chi connectivity index (χ2v) is 11.0. The van der Waals surface area contributed by atoms with Gasteiger partial charge in [0.2, 0.25) is 0 Å². The third-order valence-electron chi connectivity index (χ3n) is 6.16. The summed E-state index contributed by atoms with van der Waals surface area (Å²) in [5, 5.41) is 2.62. The average Bonchev–Trinajstić information content (AvgIpc) is 3.23. The number of hydrogen-bond donors (Lipinski definition) is 2. The number of allylic oxidation sites excluding steroid dienone is 2. The first-order valence-corrected chi connectivity index (χ1v) is 14.1. The molecule has 38 heavy (non-hydrogen) atoms. The summed E-state index contributed by atoms with van der Waals surface area (Å²) in [6.07, 6.45) is 6.48. The van der Waals surface area contributed by atoms with Crippen molar-refractivity contribution in [2.75, 3.05) is 6.54 Å². The van der Waals surface area contributed by atoms with Gasteiger partial charge in [0.15, 0.2) is 5.65 Å². The van der Waals surface area contributed by atoms with E-state index in [9.17, 15) is 13.2 Å². The number of hydrogen-bond acceptors (Lipinski definition) is 5. The zero-order valence-corrected chi connectivity index (χ0v) is 23.0. The number of carbonyl (C=O) groups is 1. The lowest BCUT2D eigenvalue weighted by molar-refractivity contribution is 0.246. The van der Waals surface area contributed by atoms with E-state index in [1.54, 1.807) is 12.1 Å². The Kier molecular flexibility index (Phi) is 8.26. The fraction of sp³-hybridized carbons (Fsp3) is 0.276. The van der Waals surface area contributed by atoms with Crippen LogP contribution in [0.25, 0.3) is 16.9 Å². The van der Waals surface area contributed by atoms with Crippen molar-refractivity contribution in [1.29, 1.82) is 0 Å². The van der Waals surface area contributed by atoms with E-state index in [0.29, 0.717) is 12.8 Å². The fourth-order valence-corrected chi connectivity index (χ4v) is 5.16. The van der Waals surface area contributed by atoms with Gasteiger partial charge in [0.1, 0.15) is 11.3 Å². The van der Waals surface area contributed by atoms with Crippen LogP contribution >= 0.6 is 0 Å². The van der Waals surface area contributed by atoms with Crippen LogP contribution in [0.1, 0.15) is 41.6 Å². The molecule has 0 radical (unpaired) electrons. The number of aromatic nitrogens is 3. The van der Waals surface area contributed by atoms with E-state index in [1.165, 1.54) is 12.1 Å². The van der Waals surface area contributed by atoms with Gasteiger partial charge in [-0.25, -0.2) is 27.9 Å². The van der Waals surface area contributed by atoms with Gasteiger partial charge in [0.25, 0.3) is 10.0 Å². The highest BCUT2D eigenvalue weighted by molar-refractivity contribution is 7.90. The number of fused-ring (bicyclic) bond motifs is 1. The van der Waals surface area contributed by atoms with Gasteiger partial charge in [0, 0.05) is 24.3 Å². The number of imidazole rings is 1. The van der Waals surface area contributed by atoms with Gasteiger partial charge in [0.05, 0.1) is 4.90 Å². The van der Waals surface area contributed by atoms with E-state index in [-0.39, 0.29) is 11.4 Å². The summed E-state index contributed by atoms with van der Waals surface area (Å²) in [5.74, 6) is 0.923. The molecule has 0 spiro atoms. The SMILES string of the molecule is CCC=CCc1nc2c(C)cc(C)nc2n1-c1ccc(CCNC(=O)NS(=O)(=O)c2ccc(C)cc2)cc1. The predicted molar refractivity (Wildman–Crippen MR) is 150 cm³/mol. The van der Waals surface area contributed by atoms with E-state index < -0.39 is 16.1 Å². The van der Waals surface area contributed by atoms with Crippen LogP contribution < -0.4 is 10.0 Å². The number of aryl methyl sites for hydroxylation is 3. The van der Waals surface area contributed by atoms with E-state index in [2.05, 4.69) is 40.6 Å². The Bertz CT molecular complexity index is 1570. The summed E-state index contributed by atoms with van der Waals surface area (Å²) in [6, 6.07) is 15.6. The lowest BCUT2D eigenvalue weighted by Gasteiger charge is -2.11. The topological polar surface area (TPSA) is 106 Å². The number of carbonyl (C=O) groups excluding carboxylic acids is 1. The van der Waals surface area contributed by atoms with Gasteiger partial charge in [-0.1, -0.05) is 48.9 Å². The Morgan fingerprint density at radius 2 is 1.68 bits per heavy atom. The second kappa shape index (κ2) is 11.6. The van der Waals surface area contributed by atoms with Gasteiger partial charge < -0.3 is 5.32 Å². The molecule has 0 atom stereocenters. The number of nitrogens with one attached hydrogen (secondary N) is 2. The van der Waals surface area contributed by atoms with E-state index >= 15 is 0 Å². The van der Waals surface area contributed by atoms with Crippen molar-refractivity contribution in [2.45, 2.75) is 51.9 Å². The Morgan fingerprint density at radius 3 is 2.37 bits per heavy atom. The monoisotopic (exact) mass is 531 g/mol. The number of sulfonamides is 1. The van der Waals surface area contributed by atoms with Crippen molar-refractivity contribution in [2.24, 2.45) is 0 Å². The van der Waals surface area contributed by atoms with Crippen LogP contribution in [0.3, 0.4) is 0 Å². The van der Waals surface area contributed by atoms with Crippen LogP contribution in [-0.4, -0.2) is 35.5 Å². The Morgan fingerprint density at radius 1 is 0.974 bits per heavy atom. The fourth-order valence-electron chi connectivity index (χ4n) is 4.24. The van der Waals surface area contributed by atoms with Crippen LogP contribution in [0.15, 0.2) is 71.6 Å². The zero-order valence-electron chi connectivity index (χ0n) is 22.2. The molecule has 0 unspecified atom stereocenters. The lowest BCUT2D eigenvalue weighted by atomic mass is 10.1. The number of pyridine rings is 1. The summed E-state index contributed by atoms with van der Waals surface area (Å²) < 4.78 is 28.9. The maximum Gasteiger partial charge on any atom is 0.328 e. The minimum Gasteiger partial charge on any atom is -0.337 e. The number of benzene rings is 2. The maximum atomic E-state index is 12.4. The first-order valence-electron chi connectivity index (χ1n) is 12.6. The van der Waals surface area contributed by atoms with Crippen molar-refractivity contribution in [3.05, 3.63) is 95.0 Å². The number of nitrogens with zero attached hydrogens (tertiary/aromatic N) is 3. The molecule has 198 valence electrons. The van der Waals surface area contributed by atoms with Crippen LogP contribution in [0, 0.1) is 20.8 Å². The van der Waals surface area contributed by atoms with Crippen molar-refractivity contribution in [3.63, 3.8) is 0 Å². The minimum absolute atomic E-state index is 0.0466. The van der Waals surface area contributed by atoms with Gasteiger partial charge >= 0.3 is 6.03 Å². The smallest absolute Gasteiger partial charge is 0.328 e. The molecule has 0 aliphatic heterocycles. The standard InChI is InChI=1S/C29H33N5O3S/c1-5-6-7-8-26-32-27-21(3)19-22(4)31-28(27)34(26)24-13-11-23(12-14-24)17-18-30-29(35)33-38(36,37)25-15-9-20(2)10-16-25/h6-7,9-16,19H,5,8,17-18H2,1-4H3,(H2,30,33,35). The molecule has 0 fully saturated rings. The van der Waals surface area contributed by atoms with Crippen molar-refractivity contribution >= 4 is 27.2 Å². The maximum absolute atomic E-state index is 12.4. The molecule has 0 aliphatic rings. The largest absolute Gasteiger partial charge is 0.337 e. The van der Waals surface area contributed by atoms with Crippen molar-refractivity contribution in [3.8, 4) is 5.69 Å². The molecule has 2 amide bonds. The Labute approximate surface area is 223 Å². The van der Waals surface area contributed by atoms with Crippen LogP contribution in [0.4, 0.5) is 4.79 Å². The Hall–Kier alpha value is -3.98. The van der Waals surface area contributed by atoms with Crippen LogP contribution in [-0.2, 0) is 22.9 Å². The quantitative estimate of drug-likeness (QED) is 0.293. The van der Waals surface area contributed by atoms with Crippen LogP contribution in [0.2, 0.25) is 0 Å². The molecule has 8 nitrogen and oxygen atoms in total. The molecule has 0 aliphatic carbocycles. The highest BCUT2D eigenvalue weighted by Gasteiger charge is 2.17. The highest BCUT2D eigenvalue weighted by atomic mass is 32.2. The predicted octanol–water partition coefficient (Wildman–Crippen LogP) is 5.09. The lowest BCUT2D eigenvalue weighted by Crippen LogP contribution is -2.40. The molecule has 2 heterocycles. The first-order chi connectivity index (χ1) is 18.2. The molecule has 2 aromatic heterocycles. The third kappa shape index (κ3) is 6.28. The van der Waals surface area contributed by atoms with Gasteiger partial charge in [-0.15, -0.1) is 0 Å². The molecule has 2 N–H and O–H groups in total. The molecule has 4 aromatic rings. The first kappa shape index (κ1) is 27.1. The second-order valence-electron chi connectivity index (χ2n) is 9.29. The van der Waals surface area contributed by atoms with Crippen LogP contribution in [0.5, 0.6) is 0 Å². The van der Waals surface area contributed by atoms with E-state index in [4.69, 9.17) is 9.97 Å². The van der Waals surface area contributed by atoms with E-state index in [1.807, 2.05) is 44.2 Å². The molecule has 0 bridgehead atoms. The summed E-state index contributed by atoms with van der Waals surface area (Å²) >= 11 is 0. The Balaban J connectivity index is 1.44. The molecule has 9 heteroatoms. The highest BCUT2D eigenvalue weighted by Crippen LogP contribution is 2.24. The summed E-state index contributed by atoms with van der Waals surface area (Å²) in [6.45, 7) is 8.30. The summed E-state index contributed by atoms with van der Waals surface area (Å²) in [4.78, 5) is 21.9. The zero-order chi connectivity index (χ0) is 27.3. The molecular formula is C29H33N5O3S. The molecule has 0 saturated carbocycles. The van der Waals surface area contributed by atoms with Gasteiger partial charge in [-0.05, 0) is 75.1 Å². The molecular weight excluding hydrogens is 498 g/mol. The van der Waals surface area contributed by atoms with Gasteiger partial charge in [-0.3, -0.25) is 4.57 Å². The normalized spacial score (nSPS) is 11.8. The van der Waals surface area contributed by atoms with Crippen molar-refractivity contribution < 1.29 is 13.2 Å². The number of urea groups is 1.